The third-order valence-electron chi connectivity index (χ3n) is 5.96. The summed E-state index contributed by atoms with van der Waals surface area (Å²) >= 11 is 0. The maximum atomic E-state index is 6.21. The molecule has 2 aliphatic heterocycles. The molecule has 27 heavy (non-hydrogen) atoms. The third-order valence-corrected chi connectivity index (χ3v) is 5.96. The summed E-state index contributed by atoms with van der Waals surface area (Å²) in [5.74, 6) is 0.823. The molecule has 2 saturated heterocycles. The minimum Gasteiger partial charge on any atom is -0.496 e. The van der Waals surface area contributed by atoms with Crippen molar-refractivity contribution in [3.8, 4) is 5.75 Å². The molecule has 2 aliphatic rings. The Bertz CT molecular complexity index is 634. The first-order valence-electron chi connectivity index (χ1n) is 9.91. The van der Waals surface area contributed by atoms with E-state index in [1.807, 2.05) is 12.1 Å². The second-order valence-electron chi connectivity index (χ2n) is 8.82. The Kier molecular flexibility index (Phi) is 5.92. The van der Waals surface area contributed by atoms with Crippen molar-refractivity contribution >= 4 is 12.6 Å². The summed E-state index contributed by atoms with van der Waals surface area (Å²) in [5, 5.41) is 0. The van der Waals surface area contributed by atoms with Crippen LogP contribution < -0.4 is 10.2 Å². The zero-order chi connectivity index (χ0) is 19.8. The van der Waals surface area contributed by atoms with Crippen LogP contribution in [0.15, 0.2) is 18.2 Å². The van der Waals surface area contributed by atoms with Crippen molar-refractivity contribution < 1.29 is 23.5 Å². The Morgan fingerprint density at radius 1 is 1.04 bits per heavy atom. The summed E-state index contributed by atoms with van der Waals surface area (Å²) < 4.78 is 29.9. The van der Waals surface area contributed by atoms with Crippen LogP contribution >= 0.6 is 0 Å². The summed E-state index contributed by atoms with van der Waals surface area (Å²) in [6.07, 6.45) is 2.51. The van der Waals surface area contributed by atoms with Gasteiger partial charge in [-0.2, -0.15) is 0 Å². The van der Waals surface area contributed by atoms with Gasteiger partial charge in [0.25, 0.3) is 0 Å². The Labute approximate surface area is 163 Å². The van der Waals surface area contributed by atoms with Crippen molar-refractivity contribution in [3.63, 3.8) is 0 Å². The molecule has 0 amide bonds. The Hall–Kier alpha value is -1.08. The molecule has 0 spiro atoms. The number of ether oxygens (including phenoxy) is 3. The molecule has 2 unspecified atom stereocenters. The first kappa shape index (κ1) is 20.7. The van der Waals surface area contributed by atoms with Crippen LogP contribution in [0.25, 0.3) is 0 Å². The molecule has 2 heterocycles. The maximum absolute atomic E-state index is 6.21. The van der Waals surface area contributed by atoms with Gasteiger partial charge in [-0.15, -0.1) is 0 Å². The molecule has 5 nitrogen and oxygen atoms in total. The van der Waals surface area contributed by atoms with Crippen LogP contribution in [0.5, 0.6) is 5.75 Å². The molecule has 3 rings (SSSR count). The molecule has 2 atom stereocenters. The van der Waals surface area contributed by atoms with E-state index >= 15 is 0 Å². The molecule has 2 fully saturated rings. The van der Waals surface area contributed by atoms with Gasteiger partial charge in [-0.25, -0.2) is 0 Å². The van der Waals surface area contributed by atoms with Gasteiger partial charge >= 0.3 is 7.12 Å². The van der Waals surface area contributed by atoms with Crippen molar-refractivity contribution in [3.05, 3.63) is 23.8 Å². The largest absolute Gasteiger partial charge is 0.496 e. The average molecular weight is 376 g/mol. The predicted molar refractivity (Wildman–Crippen MR) is 107 cm³/mol. The van der Waals surface area contributed by atoms with E-state index in [0.29, 0.717) is 6.61 Å². The number of rotatable bonds is 5. The van der Waals surface area contributed by atoms with Crippen molar-refractivity contribution in [2.24, 2.45) is 0 Å². The summed E-state index contributed by atoms with van der Waals surface area (Å²) in [6.45, 7) is 13.0. The van der Waals surface area contributed by atoms with Gasteiger partial charge in [0.1, 0.15) is 5.75 Å². The highest BCUT2D eigenvalue weighted by Crippen LogP contribution is 2.36. The molecule has 6 heteroatoms. The molecule has 0 N–H and O–H groups in total. The van der Waals surface area contributed by atoms with Crippen LogP contribution in [0.2, 0.25) is 0 Å². The lowest BCUT2D eigenvalue weighted by Crippen LogP contribution is -2.41. The molecule has 0 saturated carbocycles. The van der Waals surface area contributed by atoms with E-state index in [1.165, 1.54) is 0 Å². The quantitative estimate of drug-likeness (QED) is 0.737. The van der Waals surface area contributed by atoms with Crippen LogP contribution in [0.1, 0.15) is 59.9 Å². The minimum absolute atomic E-state index is 0.203. The second kappa shape index (κ2) is 7.74. The molecule has 150 valence electrons. The summed E-state index contributed by atoms with van der Waals surface area (Å²) in [4.78, 5) is 0. The third kappa shape index (κ3) is 4.50. The number of benzene rings is 1. The second-order valence-corrected chi connectivity index (χ2v) is 8.82. The summed E-state index contributed by atoms with van der Waals surface area (Å²) in [6, 6.07) is 6.05. The number of methoxy groups -OCH3 is 1. The van der Waals surface area contributed by atoms with Gasteiger partial charge in [0.15, 0.2) is 0 Å². The van der Waals surface area contributed by atoms with Crippen LogP contribution in [-0.2, 0) is 25.4 Å². The van der Waals surface area contributed by atoms with Crippen LogP contribution in [0, 0.1) is 0 Å². The Balaban J connectivity index is 1.73. The van der Waals surface area contributed by atoms with E-state index < -0.39 is 0 Å². The number of hydrogen-bond acceptors (Lipinski definition) is 5. The molecule has 1 aromatic carbocycles. The molecule has 1 aromatic rings. The Morgan fingerprint density at radius 3 is 2.19 bits per heavy atom. The predicted octanol–water partition coefficient (Wildman–Crippen LogP) is 3.47. The van der Waals surface area contributed by atoms with Gasteiger partial charge in [0.2, 0.25) is 0 Å². The van der Waals surface area contributed by atoms with E-state index in [0.717, 1.165) is 29.6 Å². The monoisotopic (exact) mass is 376 g/mol. The lowest BCUT2D eigenvalue weighted by Gasteiger charge is -2.32. The van der Waals surface area contributed by atoms with Crippen molar-refractivity contribution in [2.75, 3.05) is 7.11 Å². The highest BCUT2D eigenvalue weighted by atomic mass is 16.7. The van der Waals surface area contributed by atoms with Crippen molar-refractivity contribution in [1.29, 1.82) is 0 Å². The average Bonchev–Trinajstić information content (AvgIpc) is 2.79. The first-order valence-corrected chi connectivity index (χ1v) is 9.91. The van der Waals surface area contributed by atoms with Crippen LogP contribution in [0.3, 0.4) is 0 Å². The zero-order valence-electron chi connectivity index (χ0n) is 17.7. The molecule has 0 aliphatic carbocycles. The number of hydrogen-bond donors (Lipinski definition) is 0. The molecule has 0 bridgehead atoms. The summed E-state index contributed by atoms with van der Waals surface area (Å²) in [7, 11) is 1.30. The van der Waals surface area contributed by atoms with Gasteiger partial charge in [0.05, 0.1) is 43.2 Å². The fraction of sp³-hybridized carbons (Fsp3) is 0.714. The van der Waals surface area contributed by atoms with E-state index in [2.05, 4.69) is 47.6 Å². The van der Waals surface area contributed by atoms with Gasteiger partial charge in [-0.05, 0) is 65.9 Å². The van der Waals surface area contributed by atoms with Crippen molar-refractivity contribution in [2.45, 2.75) is 90.5 Å². The molecule has 0 radical (unpaired) electrons. The van der Waals surface area contributed by atoms with Crippen molar-refractivity contribution in [1.82, 2.24) is 0 Å². The highest BCUT2D eigenvalue weighted by Gasteiger charge is 2.51. The minimum atomic E-state index is -0.386. The highest BCUT2D eigenvalue weighted by molar-refractivity contribution is 6.62. The van der Waals surface area contributed by atoms with E-state index in [4.69, 9.17) is 23.5 Å². The molecular weight excluding hydrogens is 343 g/mol. The molecule has 0 aromatic heterocycles. The van der Waals surface area contributed by atoms with Gasteiger partial charge < -0.3 is 23.5 Å². The van der Waals surface area contributed by atoms with Crippen LogP contribution in [0.4, 0.5) is 0 Å². The lowest BCUT2D eigenvalue weighted by atomic mass is 9.78. The molecular formula is C21H33BO5. The van der Waals surface area contributed by atoms with E-state index in [-0.39, 0.29) is 36.6 Å². The van der Waals surface area contributed by atoms with E-state index in [9.17, 15) is 0 Å². The Morgan fingerprint density at radius 2 is 1.63 bits per heavy atom. The smallest absolute Gasteiger partial charge is 0.494 e. The zero-order valence-corrected chi connectivity index (χ0v) is 17.7. The summed E-state index contributed by atoms with van der Waals surface area (Å²) in [5.41, 5.74) is 1.28. The first-order chi connectivity index (χ1) is 12.6. The van der Waals surface area contributed by atoms with Crippen LogP contribution in [-0.4, -0.2) is 43.7 Å². The van der Waals surface area contributed by atoms with Gasteiger partial charge in [0, 0.05) is 5.56 Å². The SMILES string of the molecule is COc1ccc(B2OC(C)(C)C(C)(C)O2)cc1COC1CC(C)OC(C)C1. The standard InChI is InChI=1S/C21H33BO5/c1-14-10-18(11-15(2)25-14)24-13-16-12-17(8-9-19(16)23-7)22-26-20(3,4)21(5,6)27-22/h8-9,12,14-15,18H,10-11,13H2,1-7H3. The van der Waals surface area contributed by atoms with Gasteiger partial charge in [-0.1, -0.05) is 12.1 Å². The topological polar surface area (TPSA) is 46.2 Å². The maximum Gasteiger partial charge on any atom is 0.494 e. The fourth-order valence-corrected chi connectivity index (χ4v) is 3.73. The van der Waals surface area contributed by atoms with Gasteiger partial charge in [-0.3, -0.25) is 0 Å². The fourth-order valence-electron chi connectivity index (χ4n) is 3.73. The normalized spacial score (nSPS) is 29.7. The lowest BCUT2D eigenvalue weighted by molar-refractivity contribution is -0.106. The van der Waals surface area contributed by atoms with E-state index in [1.54, 1.807) is 7.11 Å².